The summed E-state index contributed by atoms with van der Waals surface area (Å²) >= 11 is 6.06. The molecule has 1 aliphatic carbocycles. The van der Waals surface area contributed by atoms with Gasteiger partial charge in [-0.15, -0.1) is 0 Å². The molecule has 3 nitrogen and oxygen atoms in total. The Balaban J connectivity index is 0.00000147. The molecule has 0 unspecified atom stereocenters. The second kappa shape index (κ2) is 4.82. The third-order valence-corrected chi connectivity index (χ3v) is 4.15. The fourth-order valence-corrected chi connectivity index (χ4v) is 2.81. The smallest absolute Gasteiger partial charge is 0.267 e. The van der Waals surface area contributed by atoms with Gasteiger partial charge < -0.3 is 0 Å². The van der Waals surface area contributed by atoms with Crippen LogP contribution in [0.15, 0.2) is 23.0 Å². The molecule has 3 rings (SSSR count). The minimum absolute atomic E-state index is 0. The minimum Gasteiger partial charge on any atom is -0.268 e. The monoisotopic (exact) mass is 276 g/mol. The Morgan fingerprint density at radius 2 is 2.00 bits per heavy atom. The third kappa shape index (κ3) is 2.19. The van der Waals surface area contributed by atoms with Crippen molar-refractivity contribution in [2.24, 2.45) is 0 Å². The highest BCUT2D eigenvalue weighted by atomic mass is 35.5. The summed E-state index contributed by atoms with van der Waals surface area (Å²) in [6.45, 7) is 1.98. The van der Waals surface area contributed by atoms with Gasteiger partial charge in [-0.25, -0.2) is 5.10 Å². The standard InChI is InChI=1S/C15H15ClN2O.H2/c1-9-8-10(6-7-13(9)16)14-11-4-2-3-5-12(11)15(19)18-17-14;/h6-8H,2-5H2,1H3,(H,18,19);1H. The van der Waals surface area contributed by atoms with E-state index in [9.17, 15) is 4.79 Å². The van der Waals surface area contributed by atoms with Crippen LogP contribution in [-0.4, -0.2) is 10.2 Å². The summed E-state index contributed by atoms with van der Waals surface area (Å²) in [5.74, 6) is 0. The Kier molecular flexibility index (Phi) is 3.15. The number of fused-ring (bicyclic) bond motifs is 1. The molecular formula is C15H17ClN2O. The highest BCUT2D eigenvalue weighted by Gasteiger charge is 2.18. The van der Waals surface area contributed by atoms with Crippen molar-refractivity contribution in [1.82, 2.24) is 10.2 Å². The molecule has 4 heteroatoms. The second-order valence-corrected chi connectivity index (χ2v) is 5.44. The van der Waals surface area contributed by atoms with Gasteiger partial charge in [0, 0.05) is 17.6 Å². The molecular weight excluding hydrogens is 260 g/mol. The molecule has 19 heavy (non-hydrogen) atoms. The van der Waals surface area contributed by atoms with Crippen molar-refractivity contribution < 1.29 is 1.43 Å². The van der Waals surface area contributed by atoms with Crippen LogP contribution in [0.5, 0.6) is 0 Å². The molecule has 0 saturated heterocycles. The van der Waals surface area contributed by atoms with E-state index >= 15 is 0 Å². The van der Waals surface area contributed by atoms with E-state index in [1.54, 1.807) is 0 Å². The molecule has 0 bridgehead atoms. The van der Waals surface area contributed by atoms with Crippen molar-refractivity contribution in [2.75, 3.05) is 0 Å². The molecule has 1 heterocycles. The van der Waals surface area contributed by atoms with Crippen LogP contribution < -0.4 is 5.56 Å². The lowest BCUT2D eigenvalue weighted by atomic mass is 9.89. The molecule has 0 aliphatic heterocycles. The Labute approximate surface area is 118 Å². The Bertz CT molecular complexity index is 697. The van der Waals surface area contributed by atoms with Crippen LogP contribution in [-0.2, 0) is 12.8 Å². The van der Waals surface area contributed by atoms with E-state index in [1.165, 1.54) is 0 Å². The predicted molar refractivity (Wildman–Crippen MR) is 78.8 cm³/mol. The van der Waals surface area contributed by atoms with Gasteiger partial charge in [0.15, 0.2) is 0 Å². The molecule has 0 radical (unpaired) electrons. The number of benzene rings is 1. The van der Waals surface area contributed by atoms with Crippen molar-refractivity contribution >= 4 is 11.6 Å². The van der Waals surface area contributed by atoms with E-state index in [2.05, 4.69) is 10.2 Å². The van der Waals surface area contributed by atoms with Crippen molar-refractivity contribution in [2.45, 2.75) is 32.6 Å². The zero-order valence-electron chi connectivity index (χ0n) is 10.8. The second-order valence-electron chi connectivity index (χ2n) is 5.03. The number of rotatable bonds is 1. The number of nitrogens with zero attached hydrogens (tertiary/aromatic N) is 1. The molecule has 0 fully saturated rings. The van der Waals surface area contributed by atoms with Gasteiger partial charge in [0.25, 0.3) is 5.56 Å². The molecule has 0 amide bonds. The number of hydrogen-bond donors (Lipinski definition) is 1. The lowest BCUT2D eigenvalue weighted by Crippen LogP contribution is -2.21. The number of H-pyrrole nitrogens is 1. The average Bonchev–Trinajstić information content (AvgIpc) is 2.43. The van der Waals surface area contributed by atoms with E-state index in [4.69, 9.17) is 11.6 Å². The third-order valence-electron chi connectivity index (χ3n) is 3.73. The van der Waals surface area contributed by atoms with Crippen LogP contribution in [0.2, 0.25) is 5.02 Å². The Morgan fingerprint density at radius 1 is 1.26 bits per heavy atom. The van der Waals surface area contributed by atoms with Crippen LogP contribution in [0.4, 0.5) is 0 Å². The normalized spacial score (nSPS) is 14.2. The first-order valence-electron chi connectivity index (χ1n) is 6.54. The topological polar surface area (TPSA) is 45.8 Å². The number of aromatic amines is 1. The Hall–Kier alpha value is -1.61. The fraction of sp³-hybridized carbons (Fsp3) is 0.333. The van der Waals surface area contributed by atoms with Crippen molar-refractivity contribution in [1.29, 1.82) is 0 Å². The maximum absolute atomic E-state index is 11.8. The lowest BCUT2D eigenvalue weighted by molar-refractivity contribution is 0.669. The van der Waals surface area contributed by atoms with Gasteiger partial charge in [0.2, 0.25) is 0 Å². The lowest BCUT2D eigenvalue weighted by Gasteiger charge is -2.17. The summed E-state index contributed by atoms with van der Waals surface area (Å²) in [6.07, 6.45) is 3.99. The van der Waals surface area contributed by atoms with Crippen molar-refractivity contribution in [3.63, 3.8) is 0 Å². The zero-order chi connectivity index (χ0) is 13.4. The summed E-state index contributed by atoms with van der Waals surface area (Å²) in [5.41, 5.74) is 4.92. The van der Waals surface area contributed by atoms with Crippen molar-refractivity contribution in [3.8, 4) is 11.3 Å². The first kappa shape index (κ1) is 12.4. The summed E-state index contributed by atoms with van der Waals surface area (Å²) in [5, 5.41) is 7.63. The van der Waals surface area contributed by atoms with Gasteiger partial charge in [0.1, 0.15) is 0 Å². The van der Waals surface area contributed by atoms with Gasteiger partial charge in [-0.3, -0.25) is 4.79 Å². The van der Waals surface area contributed by atoms with E-state index in [0.29, 0.717) is 0 Å². The minimum atomic E-state index is -0.0378. The zero-order valence-corrected chi connectivity index (χ0v) is 11.5. The fourth-order valence-electron chi connectivity index (χ4n) is 2.69. The number of halogens is 1. The maximum atomic E-state index is 11.8. The molecule has 1 aromatic carbocycles. The Morgan fingerprint density at radius 3 is 2.74 bits per heavy atom. The van der Waals surface area contributed by atoms with Gasteiger partial charge in [-0.2, -0.15) is 5.10 Å². The highest BCUT2D eigenvalue weighted by molar-refractivity contribution is 6.31. The van der Waals surface area contributed by atoms with Gasteiger partial charge in [0.05, 0.1) is 5.69 Å². The van der Waals surface area contributed by atoms with E-state index < -0.39 is 0 Å². The van der Waals surface area contributed by atoms with Gasteiger partial charge in [-0.05, 0) is 55.9 Å². The van der Waals surface area contributed by atoms with Crippen LogP contribution in [0, 0.1) is 6.92 Å². The molecule has 1 aliphatic rings. The van der Waals surface area contributed by atoms with E-state index in [0.717, 1.165) is 58.7 Å². The molecule has 0 spiro atoms. The summed E-state index contributed by atoms with van der Waals surface area (Å²) in [4.78, 5) is 11.8. The number of aryl methyl sites for hydroxylation is 1. The van der Waals surface area contributed by atoms with Crippen molar-refractivity contribution in [3.05, 3.63) is 50.3 Å². The number of nitrogens with one attached hydrogen (secondary N) is 1. The largest absolute Gasteiger partial charge is 0.268 e. The quantitative estimate of drug-likeness (QED) is 0.866. The first-order valence-corrected chi connectivity index (χ1v) is 6.91. The first-order chi connectivity index (χ1) is 9.16. The van der Waals surface area contributed by atoms with Crippen LogP contribution in [0.25, 0.3) is 11.3 Å². The molecule has 0 atom stereocenters. The SMILES string of the molecule is Cc1cc(-c2n[nH]c(=O)c3c2CCCC3)ccc1Cl.[HH]. The molecule has 1 N–H and O–H groups in total. The van der Waals surface area contributed by atoms with Crippen LogP contribution in [0.1, 0.15) is 31.0 Å². The summed E-state index contributed by atoms with van der Waals surface area (Å²) < 4.78 is 0. The summed E-state index contributed by atoms with van der Waals surface area (Å²) in [7, 11) is 0. The predicted octanol–water partition coefficient (Wildman–Crippen LogP) is 3.52. The van der Waals surface area contributed by atoms with Crippen LogP contribution >= 0.6 is 11.6 Å². The highest BCUT2D eigenvalue weighted by Crippen LogP contribution is 2.29. The van der Waals surface area contributed by atoms with E-state index in [1.807, 2.05) is 25.1 Å². The van der Waals surface area contributed by atoms with Gasteiger partial charge >= 0.3 is 0 Å². The maximum Gasteiger partial charge on any atom is 0.267 e. The molecule has 1 aromatic heterocycles. The number of hydrogen-bond acceptors (Lipinski definition) is 2. The summed E-state index contributed by atoms with van der Waals surface area (Å²) in [6, 6.07) is 5.87. The van der Waals surface area contributed by atoms with Crippen LogP contribution in [0.3, 0.4) is 0 Å². The average molecular weight is 277 g/mol. The molecule has 0 saturated carbocycles. The number of aromatic nitrogens is 2. The van der Waals surface area contributed by atoms with E-state index in [-0.39, 0.29) is 6.99 Å². The molecule has 2 aromatic rings. The molecule has 100 valence electrons. The van der Waals surface area contributed by atoms with Gasteiger partial charge in [-0.1, -0.05) is 17.7 Å².